The molecule has 1 aliphatic rings. The van der Waals surface area contributed by atoms with E-state index in [2.05, 4.69) is 36.1 Å². The second kappa shape index (κ2) is 6.38. The molecule has 0 aliphatic carbocycles. The van der Waals surface area contributed by atoms with Gasteiger partial charge in [-0.1, -0.05) is 6.92 Å². The Labute approximate surface area is 88.5 Å². The standard InChI is InChI=1S/C11H25N3/c1-4-13(3)9-10-14-7-5-11(12-2)6-8-14/h11-12H,4-10H2,1-3H3. The first-order chi connectivity index (χ1) is 6.76. The Hall–Kier alpha value is -0.120. The smallest absolute Gasteiger partial charge is 0.0109 e. The summed E-state index contributed by atoms with van der Waals surface area (Å²) in [6, 6.07) is 0.759. The van der Waals surface area contributed by atoms with Gasteiger partial charge in [-0.25, -0.2) is 0 Å². The monoisotopic (exact) mass is 199 g/mol. The zero-order valence-electron chi connectivity index (χ0n) is 9.92. The maximum Gasteiger partial charge on any atom is 0.0109 e. The van der Waals surface area contributed by atoms with Gasteiger partial charge in [0.1, 0.15) is 0 Å². The van der Waals surface area contributed by atoms with Gasteiger partial charge in [0, 0.05) is 19.1 Å². The Kier molecular flexibility index (Phi) is 5.45. The highest BCUT2D eigenvalue weighted by atomic mass is 15.2. The summed E-state index contributed by atoms with van der Waals surface area (Å²) in [4.78, 5) is 4.96. The lowest BCUT2D eigenvalue weighted by Crippen LogP contribution is -2.43. The van der Waals surface area contributed by atoms with Gasteiger partial charge in [0.25, 0.3) is 0 Å². The van der Waals surface area contributed by atoms with Crippen LogP contribution in [0.5, 0.6) is 0 Å². The summed E-state index contributed by atoms with van der Waals surface area (Å²) < 4.78 is 0. The van der Waals surface area contributed by atoms with Crippen molar-refractivity contribution >= 4 is 0 Å². The van der Waals surface area contributed by atoms with Crippen molar-refractivity contribution < 1.29 is 0 Å². The van der Waals surface area contributed by atoms with Crippen molar-refractivity contribution in [1.82, 2.24) is 15.1 Å². The highest BCUT2D eigenvalue weighted by molar-refractivity contribution is 4.76. The van der Waals surface area contributed by atoms with Crippen LogP contribution < -0.4 is 5.32 Å². The molecule has 0 radical (unpaired) electrons. The van der Waals surface area contributed by atoms with Gasteiger partial charge in [0.2, 0.25) is 0 Å². The van der Waals surface area contributed by atoms with Crippen LogP contribution in [0, 0.1) is 0 Å². The van der Waals surface area contributed by atoms with Gasteiger partial charge in [-0.05, 0) is 46.6 Å². The Balaban J connectivity index is 2.10. The predicted molar refractivity (Wildman–Crippen MR) is 61.7 cm³/mol. The minimum Gasteiger partial charge on any atom is -0.317 e. The van der Waals surface area contributed by atoms with Crippen LogP contribution in [0.1, 0.15) is 19.8 Å². The highest BCUT2D eigenvalue weighted by Gasteiger charge is 2.17. The van der Waals surface area contributed by atoms with E-state index in [-0.39, 0.29) is 0 Å². The SMILES string of the molecule is CCN(C)CCN1CCC(NC)CC1. The fourth-order valence-electron chi connectivity index (χ4n) is 1.92. The molecule has 1 heterocycles. The molecule has 0 saturated carbocycles. The number of piperidine rings is 1. The molecule has 0 aromatic rings. The van der Waals surface area contributed by atoms with E-state index in [0.717, 1.165) is 12.6 Å². The van der Waals surface area contributed by atoms with Crippen LogP contribution in [0.3, 0.4) is 0 Å². The average Bonchev–Trinajstić information content (AvgIpc) is 2.26. The van der Waals surface area contributed by atoms with Crippen molar-refractivity contribution in [3.63, 3.8) is 0 Å². The summed E-state index contributed by atoms with van der Waals surface area (Å²) in [5.41, 5.74) is 0. The highest BCUT2D eigenvalue weighted by Crippen LogP contribution is 2.09. The lowest BCUT2D eigenvalue weighted by Gasteiger charge is -2.32. The molecule has 0 atom stereocenters. The summed E-state index contributed by atoms with van der Waals surface area (Å²) in [6.45, 7) is 8.35. The normalized spacial score (nSPS) is 20.6. The van der Waals surface area contributed by atoms with Gasteiger partial charge in [-0.2, -0.15) is 0 Å². The van der Waals surface area contributed by atoms with Crippen molar-refractivity contribution in [2.75, 3.05) is 46.8 Å². The fourth-order valence-corrected chi connectivity index (χ4v) is 1.92. The third kappa shape index (κ3) is 3.95. The average molecular weight is 199 g/mol. The maximum atomic E-state index is 3.36. The molecule has 1 fully saturated rings. The maximum absolute atomic E-state index is 3.36. The Bertz CT molecular complexity index is 141. The molecule has 84 valence electrons. The van der Waals surface area contributed by atoms with E-state index >= 15 is 0 Å². The van der Waals surface area contributed by atoms with E-state index in [9.17, 15) is 0 Å². The molecule has 3 heteroatoms. The molecule has 0 spiro atoms. The number of hydrogen-bond donors (Lipinski definition) is 1. The van der Waals surface area contributed by atoms with Gasteiger partial charge in [0.05, 0.1) is 0 Å². The van der Waals surface area contributed by atoms with Crippen molar-refractivity contribution in [2.45, 2.75) is 25.8 Å². The molecule has 1 saturated heterocycles. The van der Waals surface area contributed by atoms with E-state index in [1.165, 1.54) is 39.0 Å². The van der Waals surface area contributed by atoms with Gasteiger partial charge >= 0.3 is 0 Å². The number of likely N-dealkylation sites (N-methyl/N-ethyl adjacent to an activating group) is 1. The molecule has 0 amide bonds. The predicted octanol–water partition coefficient (Wildman–Crippen LogP) is 0.622. The van der Waals surface area contributed by atoms with E-state index in [1.54, 1.807) is 0 Å². The lowest BCUT2D eigenvalue weighted by atomic mass is 10.1. The summed E-state index contributed by atoms with van der Waals surface area (Å²) >= 11 is 0. The number of rotatable bonds is 5. The second-order valence-corrected chi connectivity index (χ2v) is 4.30. The first-order valence-corrected chi connectivity index (χ1v) is 5.84. The van der Waals surface area contributed by atoms with Crippen LogP contribution in [0.2, 0.25) is 0 Å². The van der Waals surface area contributed by atoms with Crippen LogP contribution in [0.25, 0.3) is 0 Å². The van der Waals surface area contributed by atoms with Crippen molar-refractivity contribution in [1.29, 1.82) is 0 Å². The van der Waals surface area contributed by atoms with Crippen LogP contribution in [0.4, 0.5) is 0 Å². The minimum absolute atomic E-state index is 0.759. The Morgan fingerprint density at radius 2 is 2.00 bits per heavy atom. The zero-order chi connectivity index (χ0) is 10.4. The van der Waals surface area contributed by atoms with Gasteiger partial charge in [-0.3, -0.25) is 0 Å². The molecular weight excluding hydrogens is 174 g/mol. The topological polar surface area (TPSA) is 18.5 Å². The minimum atomic E-state index is 0.759. The first kappa shape index (κ1) is 12.0. The molecular formula is C11H25N3. The first-order valence-electron chi connectivity index (χ1n) is 5.84. The van der Waals surface area contributed by atoms with Crippen LogP contribution in [0.15, 0.2) is 0 Å². The van der Waals surface area contributed by atoms with Crippen LogP contribution in [-0.2, 0) is 0 Å². The molecule has 14 heavy (non-hydrogen) atoms. The van der Waals surface area contributed by atoms with E-state index in [1.807, 2.05) is 0 Å². The summed E-state index contributed by atoms with van der Waals surface area (Å²) in [5, 5.41) is 3.36. The lowest BCUT2D eigenvalue weighted by molar-refractivity contribution is 0.180. The second-order valence-electron chi connectivity index (χ2n) is 4.30. The van der Waals surface area contributed by atoms with Crippen molar-refractivity contribution in [2.24, 2.45) is 0 Å². The molecule has 1 N–H and O–H groups in total. The number of hydrogen-bond acceptors (Lipinski definition) is 3. The molecule has 0 aromatic carbocycles. The summed E-state index contributed by atoms with van der Waals surface area (Å²) in [7, 11) is 4.27. The quantitative estimate of drug-likeness (QED) is 0.700. The van der Waals surface area contributed by atoms with Crippen molar-refractivity contribution in [3.05, 3.63) is 0 Å². The molecule has 0 bridgehead atoms. The van der Waals surface area contributed by atoms with Gasteiger partial charge in [-0.15, -0.1) is 0 Å². The van der Waals surface area contributed by atoms with Crippen LogP contribution >= 0.6 is 0 Å². The number of nitrogens with zero attached hydrogens (tertiary/aromatic N) is 2. The summed E-state index contributed by atoms with van der Waals surface area (Å²) in [5.74, 6) is 0. The zero-order valence-corrected chi connectivity index (χ0v) is 9.92. The van der Waals surface area contributed by atoms with Gasteiger partial charge < -0.3 is 15.1 Å². The fraction of sp³-hybridized carbons (Fsp3) is 1.00. The third-order valence-electron chi connectivity index (χ3n) is 3.33. The van der Waals surface area contributed by atoms with Gasteiger partial charge in [0.15, 0.2) is 0 Å². The number of nitrogens with one attached hydrogen (secondary N) is 1. The van der Waals surface area contributed by atoms with E-state index in [0.29, 0.717) is 0 Å². The number of likely N-dealkylation sites (tertiary alicyclic amines) is 1. The molecule has 3 nitrogen and oxygen atoms in total. The third-order valence-corrected chi connectivity index (χ3v) is 3.33. The summed E-state index contributed by atoms with van der Waals surface area (Å²) in [6.07, 6.45) is 2.62. The Morgan fingerprint density at radius 3 is 2.50 bits per heavy atom. The largest absolute Gasteiger partial charge is 0.317 e. The van der Waals surface area contributed by atoms with E-state index in [4.69, 9.17) is 0 Å². The molecule has 1 aliphatic heterocycles. The molecule has 0 aromatic heterocycles. The Morgan fingerprint density at radius 1 is 1.36 bits per heavy atom. The molecule has 1 rings (SSSR count). The van der Waals surface area contributed by atoms with E-state index < -0.39 is 0 Å². The van der Waals surface area contributed by atoms with Crippen molar-refractivity contribution in [3.8, 4) is 0 Å². The molecule has 0 unspecified atom stereocenters. The van der Waals surface area contributed by atoms with Crippen LogP contribution in [-0.4, -0.2) is 62.7 Å².